The van der Waals surface area contributed by atoms with Crippen LogP contribution in [0.4, 0.5) is 0 Å². The van der Waals surface area contributed by atoms with Gasteiger partial charge in [-0.3, -0.25) is 0 Å². The molecular weight excluding hydrogens is 612 g/mol. The first-order valence-corrected chi connectivity index (χ1v) is 16.1. The molecule has 9 rings (SSSR count). The van der Waals surface area contributed by atoms with Crippen molar-refractivity contribution in [1.29, 1.82) is 0 Å². The monoisotopic (exact) mass is 638 g/mol. The molecule has 0 bridgehead atoms. The van der Waals surface area contributed by atoms with E-state index in [2.05, 4.69) is 174 Å². The minimum Gasteiger partial charge on any atom is -0.454 e. The molecule has 2 heteroatoms. The molecule has 0 aliphatic heterocycles. The number of rotatable bonds is 4. The Morgan fingerprint density at radius 2 is 0.867 bits per heavy atom. The molecule has 8 aromatic rings. The maximum Gasteiger partial charge on any atom is 0.149 e. The summed E-state index contributed by atoms with van der Waals surface area (Å²) in [7, 11) is 0. The lowest BCUT2D eigenvalue weighted by Gasteiger charge is -2.34. The van der Waals surface area contributed by atoms with Crippen LogP contribution in [0.25, 0.3) is 55.3 Å². The number of hydrogen-bond donors (Lipinski definition) is 0. The fourth-order valence-corrected chi connectivity index (χ4v) is 7.93. The fraction of sp³-hybridized carbons (Fsp3) is 0.0233. The Labute approximate surface area is 270 Å². The van der Waals surface area contributed by atoms with E-state index in [0.717, 1.165) is 37.5 Å². The summed E-state index contributed by atoms with van der Waals surface area (Å²) in [4.78, 5) is 0. The van der Waals surface area contributed by atoms with Crippen LogP contribution in [-0.2, 0) is 5.41 Å². The van der Waals surface area contributed by atoms with E-state index < -0.39 is 5.41 Å². The summed E-state index contributed by atoms with van der Waals surface area (Å²) in [5, 5.41) is 2.25. The summed E-state index contributed by atoms with van der Waals surface area (Å²) in [6.07, 6.45) is 0. The Kier molecular flexibility index (Phi) is 5.94. The molecular formula is C43H27BrO. The van der Waals surface area contributed by atoms with Crippen molar-refractivity contribution in [1.82, 2.24) is 0 Å². The van der Waals surface area contributed by atoms with E-state index in [1.54, 1.807) is 0 Å². The molecule has 1 nitrogen and oxygen atoms in total. The molecule has 0 saturated carbocycles. The quantitative estimate of drug-likeness (QED) is 0.187. The van der Waals surface area contributed by atoms with Gasteiger partial charge in [0.2, 0.25) is 0 Å². The van der Waals surface area contributed by atoms with Crippen molar-refractivity contribution in [3.05, 3.63) is 191 Å². The highest BCUT2D eigenvalue weighted by Gasteiger charge is 2.45. The first-order chi connectivity index (χ1) is 22.2. The van der Waals surface area contributed by atoms with Gasteiger partial charge in [0.15, 0.2) is 0 Å². The second-order valence-corrected chi connectivity index (χ2v) is 12.6. The van der Waals surface area contributed by atoms with Crippen LogP contribution in [-0.4, -0.2) is 0 Å². The lowest BCUT2D eigenvalue weighted by molar-refractivity contribution is 0.668. The molecule has 0 radical (unpaired) electrons. The first kappa shape index (κ1) is 26.2. The molecule has 0 saturated heterocycles. The third-order valence-electron chi connectivity index (χ3n) is 9.48. The number of fused-ring (bicyclic) bond motifs is 6. The largest absolute Gasteiger partial charge is 0.454 e. The molecule has 0 N–H and O–H groups in total. The highest BCUT2D eigenvalue weighted by molar-refractivity contribution is 9.10. The average Bonchev–Trinajstić information content (AvgIpc) is 3.64. The minimum absolute atomic E-state index is 0.447. The van der Waals surface area contributed by atoms with Gasteiger partial charge in [-0.1, -0.05) is 158 Å². The number of para-hydroxylation sites is 2. The summed E-state index contributed by atoms with van der Waals surface area (Å²) < 4.78 is 7.45. The van der Waals surface area contributed by atoms with Gasteiger partial charge in [0.25, 0.3) is 0 Å². The lowest BCUT2D eigenvalue weighted by atomic mass is 9.67. The molecule has 1 aromatic heterocycles. The zero-order chi connectivity index (χ0) is 30.0. The summed E-state index contributed by atoms with van der Waals surface area (Å²) >= 11 is 3.68. The molecule has 0 atom stereocenters. The number of halogens is 1. The van der Waals surface area contributed by atoms with Crippen LogP contribution >= 0.6 is 15.9 Å². The Morgan fingerprint density at radius 1 is 0.378 bits per heavy atom. The standard InChI is InChI=1S/C43H27BrO/c44-40-19-9-16-37-36-15-8-14-33(41(36)45-42(37)40)30-22-26-32(27-23-30)43(31-24-20-29(21-25-31)28-10-2-1-3-11-28)38-17-6-4-12-34(38)35-13-5-7-18-39(35)43/h1-27H. The topological polar surface area (TPSA) is 13.1 Å². The average molecular weight is 640 g/mol. The molecule has 1 heterocycles. The van der Waals surface area contributed by atoms with Crippen LogP contribution < -0.4 is 0 Å². The van der Waals surface area contributed by atoms with Crippen LogP contribution in [0, 0.1) is 0 Å². The second kappa shape index (κ2) is 10.2. The number of furan rings is 1. The SMILES string of the molecule is Brc1cccc2c1oc1c(-c3ccc(C4(c5ccc(-c6ccccc6)cc5)c5ccccc5-c5ccccc54)cc3)cccc12. The number of benzene rings is 7. The zero-order valence-corrected chi connectivity index (χ0v) is 26.0. The van der Waals surface area contributed by atoms with E-state index in [0.29, 0.717) is 0 Å². The maximum atomic E-state index is 6.48. The highest BCUT2D eigenvalue weighted by atomic mass is 79.9. The van der Waals surface area contributed by atoms with Gasteiger partial charge >= 0.3 is 0 Å². The van der Waals surface area contributed by atoms with Gasteiger partial charge in [0.05, 0.1) is 9.89 Å². The Hall–Kier alpha value is -5.18. The predicted octanol–water partition coefficient (Wildman–Crippen LogP) is 12.0. The normalized spacial score (nSPS) is 13.2. The minimum atomic E-state index is -0.447. The van der Waals surface area contributed by atoms with Crippen molar-refractivity contribution in [3.63, 3.8) is 0 Å². The third kappa shape index (κ3) is 3.86. The fourth-order valence-electron chi connectivity index (χ4n) is 7.48. The molecule has 0 fully saturated rings. The Bertz CT molecular complexity index is 2320. The van der Waals surface area contributed by atoms with Crippen molar-refractivity contribution in [2.75, 3.05) is 0 Å². The van der Waals surface area contributed by atoms with Crippen LogP contribution in [0.15, 0.2) is 173 Å². The smallest absolute Gasteiger partial charge is 0.149 e. The van der Waals surface area contributed by atoms with Gasteiger partial charge in [-0.05, 0) is 72.1 Å². The molecule has 212 valence electrons. The molecule has 1 aliphatic carbocycles. The van der Waals surface area contributed by atoms with Gasteiger partial charge in [0, 0.05) is 16.3 Å². The molecule has 1 aliphatic rings. The Morgan fingerprint density at radius 3 is 1.51 bits per heavy atom. The Balaban J connectivity index is 1.25. The molecule has 0 unspecified atom stereocenters. The van der Waals surface area contributed by atoms with E-state index in [1.807, 2.05) is 6.07 Å². The molecule has 0 amide bonds. The van der Waals surface area contributed by atoms with Crippen LogP contribution in [0.3, 0.4) is 0 Å². The van der Waals surface area contributed by atoms with Crippen molar-refractivity contribution >= 4 is 37.9 Å². The molecule has 0 spiro atoms. The summed E-state index contributed by atoms with van der Waals surface area (Å²) in [6, 6.07) is 59.4. The van der Waals surface area contributed by atoms with Crippen molar-refractivity contribution in [2.24, 2.45) is 0 Å². The van der Waals surface area contributed by atoms with Crippen molar-refractivity contribution in [3.8, 4) is 33.4 Å². The summed E-state index contributed by atoms with van der Waals surface area (Å²) in [5.41, 5.74) is 13.7. The first-order valence-electron chi connectivity index (χ1n) is 15.3. The van der Waals surface area contributed by atoms with E-state index >= 15 is 0 Å². The van der Waals surface area contributed by atoms with Gasteiger partial charge in [-0.2, -0.15) is 0 Å². The molecule has 45 heavy (non-hydrogen) atoms. The third-order valence-corrected chi connectivity index (χ3v) is 10.1. The van der Waals surface area contributed by atoms with Crippen LogP contribution in [0.1, 0.15) is 22.3 Å². The van der Waals surface area contributed by atoms with Gasteiger partial charge in [-0.25, -0.2) is 0 Å². The van der Waals surface area contributed by atoms with E-state index in [4.69, 9.17) is 4.42 Å². The van der Waals surface area contributed by atoms with Crippen molar-refractivity contribution < 1.29 is 4.42 Å². The van der Waals surface area contributed by atoms with E-state index in [-0.39, 0.29) is 0 Å². The predicted molar refractivity (Wildman–Crippen MR) is 190 cm³/mol. The maximum absolute atomic E-state index is 6.48. The second-order valence-electron chi connectivity index (χ2n) is 11.8. The van der Waals surface area contributed by atoms with Crippen LogP contribution in [0.5, 0.6) is 0 Å². The van der Waals surface area contributed by atoms with Crippen LogP contribution in [0.2, 0.25) is 0 Å². The van der Waals surface area contributed by atoms with E-state index in [1.165, 1.54) is 44.5 Å². The summed E-state index contributed by atoms with van der Waals surface area (Å²) in [5.74, 6) is 0. The number of hydrogen-bond acceptors (Lipinski definition) is 1. The summed E-state index contributed by atoms with van der Waals surface area (Å²) in [6.45, 7) is 0. The lowest BCUT2D eigenvalue weighted by Crippen LogP contribution is -2.28. The van der Waals surface area contributed by atoms with Gasteiger partial charge < -0.3 is 4.42 Å². The van der Waals surface area contributed by atoms with Gasteiger partial charge in [-0.15, -0.1) is 0 Å². The van der Waals surface area contributed by atoms with E-state index in [9.17, 15) is 0 Å². The molecule has 7 aromatic carbocycles. The van der Waals surface area contributed by atoms with Gasteiger partial charge in [0.1, 0.15) is 11.2 Å². The zero-order valence-electron chi connectivity index (χ0n) is 24.4. The van der Waals surface area contributed by atoms with Crippen molar-refractivity contribution in [2.45, 2.75) is 5.41 Å². The highest BCUT2D eigenvalue weighted by Crippen LogP contribution is 2.56.